The second kappa shape index (κ2) is 7.11. The molecule has 6 heteroatoms. The average Bonchev–Trinajstić information content (AvgIpc) is 3.27. The van der Waals surface area contributed by atoms with E-state index in [0.717, 1.165) is 36.9 Å². The summed E-state index contributed by atoms with van der Waals surface area (Å²) >= 11 is 1.69. The molecule has 2 heterocycles. The predicted molar refractivity (Wildman–Crippen MR) is 103 cm³/mol. The van der Waals surface area contributed by atoms with E-state index in [0.29, 0.717) is 24.4 Å². The highest BCUT2D eigenvalue weighted by Crippen LogP contribution is 2.35. The van der Waals surface area contributed by atoms with E-state index >= 15 is 0 Å². The van der Waals surface area contributed by atoms with Crippen LogP contribution in [0.2, 0.25) is 0 Å². The molecule has 0 radical (unpaired) electrons. The summed E-state index contributed by atoms with van der Waals surface area (Å²) < 4.78 is 5.41. The van der Waals surface area contributed by atoms with Gasteiger partial charge in [0.05, 0.1) is 18.4 Å². The smallest absolute Gasteiger partial charge is 0.256 e. The van der Waals surface area contributed by atoms with E-state index in [9.17, 15) is 9.59 Å². The van der Waals surface area contributed by atoms with Crippen LogP contribution in [0.25, 0.3) is 0 Å². The summed E-state index contributed by atoms with van der Waals surface area (Å²) in [5.74, 6) is 0.665. The lowest BCUT2D eigenvalue weighted by atomic mass is 9.95. The highest BCUT2D eigenvalue weighted by Gasteiger charge is 2.25. The standard InChI is InChI=1S/C20H22N2O3S/c1-25-17-9-8-13(11-16(17)22-10-4-7-19(22)23)21-20(24)15-12-26-18-6-3-2-5-14(15)18/h8-9,11-12H,2-7,10H2,1H3,(H,21,24). The van der Waals surface area contributed by atoms with Crippen LogP contribution in [0.15, 0.2) is 23.6 Å². The maximum atomic E-state index is 12.8. The van der Waals surface area contributed by atoms with Gasteiger partial charge in [0.1, 0.15) is 5.75 Å². The van der Waals surface area contributed by atoms with Crippen molar-refractivity contribution in [2.24, 2.45) is 0 Å². The molecule has 0 atom stereocenters. The molecular formula is C20H22N2O3S. The van der Waals surface area contributed by atoms with Gasteiger partial charge in [-0.3, -0.25) is 9.59 Å². The first-order valence-corrected chi connectivity index (χ1v) is 9.94. The fourth-order valence-electron chi connectivity index (χ4n) is 3.76. The molecule has 1 fully saturated rings. The number of nitrogens with one attached hydrogen (secondary N) is 1. The highest BCUT2D eigenvalue weighted by molar-refractivity contribution is 7.10. The van der Waals surface area contributed by atoms with Gasteiger partial charge < -0.3 is 15.0 Å². The zero-order valence-electron chi connectivity index (χ0n) is 14.8. The van der Waals surface area contributed by atoms with E-state index in [-0.39, 0.29) is 11.8 Å². The third-order valence-corrected chi connectivity index (χ3v) is 6.20. The quantitative estimate of drug-likeness (QED) is 0.884. The van der Waals surface area contributed by atoms with Crippen molar-refractivity contribution in [3.8, 4) is 5.75 Å². The summed E-state index contributed by atoms with van der Waals surface area (Å²) in [5, 5.41) is 4.97. The molecular weight excluding hydrogens is 348 g/mol. The molecule has 2 amide bonds. The molecule has 5 nitrogen and oxygen atoms in total. The van der Waals surface area contributed by atoms with Crippen LogP contribution in [0.5, 0.6) is 5.75 Å². The minimum atomic E-state index is -0.0757. The SMILES string of the molecule is COc1ccc(NC(=O)c2csc3c2CCCC3)cc1N1CCCC1=O. The van der Waals surface area contributed by atoms with Gasteiger partial charge in [-0.15, -0.1) is 11.3 Å². The molecule has 1 N–H and O–H groups in total. The third kappa shape index (κ3) is 3.09. The van der Waals surface area contributed by atoms with Gasteiger partial charge in [0.2, 0.25) is 5.91 Å². The van der Waals surface area contributed by atoms with Crippen LogP contribution in [0.4, 0.5) is 11.4 Å². The highest BCUT2D eigenvalue weighted by atomic mass is 32.1. The van der Waals surface area contributed by atoms with Crippen molar-refractivity contribution in [1.29, 1.82) is 0 Å². The summed E-state index contributed by atoms with van der Waals surface area (Å²) in [5.41, 5.74) is 3.41. The summed E-state index contributed by atoms with van der Waals surface area (Å²) in [4.78, 5) is 28.0. The minimum absolute atomic E-state index is 0.0757. The molecule has 0 bridgehead atoms. The monoisotopic (exact) mass is 370 g/mol. The van der Waals surface area contributed by atoms with Crippen molar-refractivity contribution in [2.45, 2.75) is 38.5 Å². The van der Waals surface area contributed by atoms with Crippen LogP contribution in [0.1, 0.15) is 46.5 Å². The maximum Gasteiger partial charge on any atom is 0.256 e. The largest absolute Gasteiger partial charge is 0.495 e. The number of ether oxygens (including phenoxy) is 1. The number of rotatable bonds is 4. The first-order valence-electron chi connectivity index (χ1n) is 9.06. The summed E-state index contributed by atoms with van der Waals surface area (Å²) in [7, 11) is 1.59. The average molecular weight is 370 g/mol. The van der Waals surface area contributed by atoms with Gasteiger partial charge in [-0.25, -0.2) is 0 Å². The Morgan fingerprint density at radius 1 is 1.19 bits per heavy atom. The summed E-state index contributed by atoms with van der Waals surface area (Å²) in [6.45, 7) is 0.685. The van der Waals surface area contributed by atoms with Gasteiger partial charge >= 0.3 is 0 Å². The fourth-order valence-corrected chi connectivity index (χ4v) is 4.89. The maximum absolute atomic E-state index is 12.8. The number of amides is 2. The molecule has 2 aliphatic rings. The van der Waals surface area contributed by atoms with E-state index in [1.807, 2.05) is 17.5 Å². The van der Waals surface area contributed by atoms with E-state index in [1.165, 1.54) is 16.9 Å². The Kier molecular flexibility index (Phi) is 4.68. The Bertz CT molecular complexity index is 859. The zero-order chi connectivity index (χ0) is 18.1. The number of hydrogen-bond donors (Lipinski definition) is 1. The lowest BCUT2D eigenvalue weighted by Gasteiger charge is -2.20. The molecule has 2 aromatic rings. The molecule has 1 aromatic carbocycles. The van der Waals surface area contributed by atoms with E-state index in [1.54, 1.807) is 29.4 Å². The topological polar surface area (TPSA) is 58.6 Å². The molecule has 4 rings (SSSR count). The number of thiophene rings is 1. The molecule has 0 unspecified atom stereocenters. The van der Waals surface area contributed by atoms with Crippen LogP contribution in [0, 0.1) is 0 Å². The number of carbonyl (C=O) groups excluding carboxylic acids is 2. The second-order valence-electron chi connectivity index (χ2n) is 6.75. The molecule has 1 aromatic heterocycles. The lowest BCUT2D eigenvalue weighted by molar-refractivity contribution is -0.117. The van der Waals surface area contributed by atoms with Gasteiger partial charge in [0, 0.05) is 28.9 Å². The predicted octanol–water partition coefficient (Wildman–Crippen LogP) is 4.01. The van der Waals surface area contributed by atoms with E-state index in [2.05, 4.69) is 5.32 Å². The number of anilines is 2. The van der Waals surface area contributed by atoms with Gasteiger partial charge in [-0.05, 0) is 55.9 Å². The zero-order valence-corrected chi connectivity index (χ0v) is 15.7. The van der Waals surface area contributed by atoms with Crippen LogP contribution in [0.3, 0.4) is 0 Å². The molecule has 0 saturated carbocycles. The van der Waals surface area contributed by atoms with Crippen LogP contribution in [-0.4, -0.2) is 25.5 Å². The Morgan fingerprint density at radius 3 is 2.81 bits per heavy atom. The molecule has 0 spiro atoms. The van der Waals surface area contributed by atoms with E-state index in [4.69, 9.17) is 4.74 Å². The summed E-state index contributed by atoms with van der Waals surface area (Å²) in [6, 6.07) is 5.46. The van der Waals surface area contributed by atoms with Crippen molar-refractivity contribution in [3.05, 3.63) is 39.6 Å². The van der Waals surface area contributed by atoms with Crippen molar-refractivity contribution in [3.63, 3.8) is 0 Å². The van der Waals surface area contributed by atoms with Gasteiger partial charge in [-0.1, -0.05) is 0 Å². The van der Waals surface area contributed by atoms with Crippen LogP contribution < -0.4 is 15.0 Å². The van der Waals surface area contributed by atoms with Crippen LogP contribution in [-0.2, 0) is 17.6 Å². The van der Waals surface area contributed by atoms with Crippen molar-refractivity contribution < 1.29 is 14.3 Å². The normalized spacial score (nSPS) is 16.5. The number of fused-ring (bicyclic) bond motifs is 1. The Labute approximate surface area is 157 Å². The molecule has 1 aliphatic carbocycles. The van der Waals surface area contributed by atoms with Gasteiger partial charge in [0.15, 0.2) is 0 Å². The third-order valence-electron chi connectivity index (χ3n) is 5.11. The lowest BCUT2D eigenvalue weighted by Crippen LogP contribution is -2.24. The second-order valence-corrected chi connectivity index (χ2v) is 7.71. The minimum Gasteiger partial charge on any atom is -0.495 e. The Balaban J connectivity index is 1.59. The number of methoxy groups -OCH3 is 1. The van der Waals surface area contributed by atoms with Crippen molar-refractivity contribution in [1.82, 2.24) is 0 Å². The van der Waals surface area contributed by atoms with Crippen molar-refractivity contribution >= 4 is 34.5 Å². The number of aryl methyl sites for hydroxylation is 1. The number of carbonyl (C=O) groups is 2. The van der Waals surface area contributed by atoms with Crippen LogP contribution >= 0.6 is 11.3 Å². The first-order chi connectivity index (χ1) is 12.7. The number of nitrogens with zero attached hydrogens (tertiary/aromatic N) is 1. The Hall–Kier alpha value is -2.34. The molecule has 1 aliphatic heterocycles. The van der Waals surface area contributed by atoms with Crippen molar-refractivity contribution in [2.75, 3.05) is 23.9 Å². The molecule has 1 saturated heterocycles. The molecule has 136 valence electrons. The number of hydrogen-bond acceptors (Lipinski definition) is 4. The van der Waals surface area contributed by atoms with E-state index < -0.39 is 0 Å². The fraction of sp³-hybridized carbons (Fsp3) is 0.400. The van der Waals surface area contributed by atoms with Gasteiger partial charge in [-0.2, -0.15) is 0 Å². The first kappa shape index (κ1) is 17.1. The van der Waals surface area contributed by atoms with Gasteiger partial charge in [0.25, 0.3) is 5.91 Å². The number of benzene rings is 1. The molecule has 26 heavy (non-hydrogen) atoms. The Morgan fingerprint density at radius 2 is 2.04 bits per heavy atom. The summed E-state index contributed by atoms with van der Waals surface area (Å²) in [6.07, 6.45) is 5.82.